The van der Waals surface area contributed by atoms with E-state index in [9.17, 15) is 24.5 Å². The topological polar surface area (TPSA) is 122 Å². The second kappa shape index (κ2) is 7.50. The van der Waals surface area contributed by atoms with E-state index in [4.69, 9.17) is 16.3 Å². The number of fused-ring (bicyclic) bond motifs is 7. The van der Waals surface area contributed by atoms with Gasteiger partial charge in [0.25, 0.3) is 0 Å². The molecule has 0 radical (unpaired) electrons. The lowest BCUT2D eigenvalue weighted by Crippen LogP contribution is -2.54. The van der Waals surface area contributed by atoms with E-state index in [-0.39, 0.29) is 29.1 Å². The number of halogens is 1. The number of amides is 3. The molecule has 0 unspecified atom stereocenters. The molecule has 0 aromatic heterocycles. The molecule has 11 heteroatoms. The van der Waals surface area contributed by atoms with Crippen molar-refractivity contribution in [3.8, 4) is 5.75 Å². The van der Waals surface area contributed by atoms with Crippen LogP contribution in [0.3, 0.4) is 0 Å². The number of hydrogen-bond acceptors (Lipinski definition) is 7. The largest absolute Gasteiger partial charge is 0.490 e. The Morgan fingerprint density at radius 3 is 2.64 bits per heavy atom. The van der Waals surface area contributed by atoms with E-state index < -0.39 is 34.1 Å². The summed E-state index contributed by atoms with van der Waals surface area (Å²) in [6.45, 7) is 4.02. The highest BCUT2D eigenvalue weighted by Gasteiger charge is 2.74. The number of carbonyl (C=O) groups is 3. The standard InChI is InChI=1S/C25H23ClN4O6/c1-11-9-17(30(34)35)18(36-3)10-16(11)29-22(31)19-15-5-4-8-28(15)25(20(19)23(29)32)13-6-7-14(26)12(2)21(13)27-24(25)33/h6-7,9-10,15,19-20H,4-5,8H2,1-3H3,(H,27,33)/t15-,19-,20+,25-/m1/s1. The Morgan fingerprint density at radius 2 is 1.94 bits per heavy atom. The number of nitro groups is 1. The molecule has 0 saturated carbocycles. The average molecular weight is 511 g/mol. The maximum Gasteiger partial charge on any atom is 0.311 e. The number of ether oxygens (including phenoxy) is 1. The van der Waals surface area contributed by atoms with Gasteiger partial charge in [0.1, 0.15) is 5.54 Å². The molecule has 4 aliphatic heterocycles. The van der Waals surface area contributed by atoms with Crippen LogP contribution in [0.4, 0.5) is 17.1 Å². The lowest BCUT2D eigenvalue weighted by atomic mass is 9.75. The molecule has 4 aliphatic rings. The van der Waals surface area contributed by atoms with Crippen LogP contribution in [0.1, 0.15) is 29.5 Å². The van der Waals surface area contributed by atoms with E-state index in [0.717, 1.165) is 11.3 Å². The third-order valence-corrected chi connectivity index (χ3v) is 8.71. The molecule has 10 nitrogen and oxygen atoms in total. The summed E-state index contributed by atoms with van der Waals surface area (Å²) in [6, 6.07) is 5.88. The number of aryl methyl sites for hydroxylation is 1. The fourth-order valence-corrected chi connectivity index (χ4v) is 6.99. The van der Waals surface area contributed by atoms with E-state index in [1.54, 1.807) is 19.1 Å². The van der Waals surface area contributed by atoms with Crippen molar-refractivity contribution in [1.29, 1.82) is 0 Å². The first-order chi connectivity index (χ1) is 17.1. The molecule has 186 valence electrons. The minimum atomic E-state index is -1.32. The van der Waals surface area contributed by atoms with Crippen LogP contribution in [0.5, 0.6) is 5.75 Å². The molecular formula is C25H23ClN4O6. The van der Waals surface area contributed by atoms with Gasteiger partial charge in [-0.2, -0.15) is 0 Å². The van der Waals surface area contributed by atoms with Crippen molar-refractivity contribution >= 4 is 46.4 Å². The molecule has 1 spiro atoms. The second-order valence-corrected chi connectivity index (χ2v) is 10.2. The van der Waals surface area contributed by atoms with E-state index in [0.29, 0.717) is 40.4 Å². The normalized spacial score (nSPS) is 28.5. The average Bonchev–Trinajstić information content (AvgIpc) is 3.55. The number of carbonyl (C=O) groups excluding carboxylic acids is 3. The number of anilines is 2. The highest BCUT2D eigenvalue weighted by molar-refractivity contribution is 6.32. The Kier molecular flexibility index (Phi) is 4.78. The molecule has 1 N–H and O–H groups in total. The molecule has 36 heavy (non-hydrogen) atoms. The molecule has 4 heterocycles. The Morgan fingerprint density at radius 1 is 1.19 bits per heavy atom. The number of methoxy groups -OCH3 is 1. The number of benzene rings is 2. The fraction of sp³-hybridized carbons (Fsp3) is 0.400. The lowest BCUT2D eigenvalue weighted by Gasteiger charge is -2.36. The number of imide groups is 1. The zero-order valence-corrected chi connectivity index (χ0v) is 20.6. The summed E-state index contributed by atoms with van der Waals surface area (Å²) < 4.78 is 5.20. The summed E-state index contributed by atoms with van der Waals surface area (Å²) in [6.07, 6.45) is 1.49. The Labute approximate surface area is 211 Å². The van der Waals surface area contributed by atoms with Crippen LogP contribution in [-0.4, -0.2) is 47.2 Å². The molecule has 6 rings (SSSR count). The van der Waals surface area contributed by atoms with Crippen molar-refractivity contribution in [2.45, 2.75) is 38.3 Å². The van der Waals surface area contributed by atoms with Gasteiger partial charge in [0, 0.05) is 28.8 Å². The first kappa shape index (κ1) is 22.9. The van der Waals surface area contributed by atoms with Crippen LogP contribution in [0.2, 0.25) is 5.02 Å². The SMILES string of the molecule is COc1cc(N2C(=O)[C@@H]3[C@H]4CCCN4[C@@]4(C(=O)Nc5c4ccc(Cl)c5C)[C@@H]3C2=O)c(C)cc1[N+](=O)[O-]. The Hall–Kier alpha value is -3.50. The van der Waals surface area contributed by atoms with Crippen LogP contribution in [0, 0.1) is 35.8 Å². The smallest absolute Gasteiger partial charge is 0.311 e. The van der Waals surface area contributed by atoms with Crippen LogP contribution < -0.4 is 15.0 Å². The summed E-state index contributed by atoms with van der Waals surface area (Å²) in [7, 11) is 1.29. The van der Waals surface area contributed by atoms with Gasteiger partial charge in [0.15, 0.2) is 5.75 Å². The molecule has 3 amide bonds. The van der Waals surface area contributed by atoms with Gasteiger partial charge < -0.3 is 10.1 Å². The van der Waals surface area contributed by atoms with E-state index in [1.807, 2.05) is 11.8 Å². The highest BCUT2D eigenvalue weighted by Crippen LogP contribution is 2.61. The number of nitro benzene ring substituents is 1. The molecular weight excluding hydrogens is 488 g/mol. The highest BCUT2D eigenvalue weighted by atomic mass is 35.5. The molecule has 3 saturated heterocycles. The fourth-order valence-electron chi connectivity index (χ4n) is 6.84. The van der Waals surface area contributed by atoms with Gasteiger partial charge in [-0.05, 0) is 50.4 Å². The van der Waals surface area contributed by atoms with Crippen molar-refractivity contribution < 1.29 is 24.0 Å². The van der Waals surface area contributed by atoms with Crippen molar-refractivity contribution in [3.05, 3.63) is 56.1 Å². The summed E-state index contributed by atoms with van der Waals surface area (Å²) >= 11 is 6.34. The summed E-state index contributed by atoms with van der Waals surface area (Å²) in [5.41, 5.74) is 1.00. The molecule has 3 fully saturated rings. The van der Waals surface area contributed by atoms with Crippen molar-refractivity contribution in [2.24, 2.45) is 11.8 Å². The predicted octanol–water partition coefficient (Wildman–Crippen LogP) is 3.30. The summed E-state index contributed by atoms with van der Waals surface area (Å²) in [5.74, 6) is -2.92. The first-order valence-electron chi connectivity index (χ1n) is 11.7. The van der Waals surface area contributed by atoms with Gasteiger partial charge in [-0.1, -0.05) is 17.7 Å². The zero-order valence-electron chi connectivity index (χ0n) is 19.8. The quantitative estimate of drug-likeness (QED) is 0.382. The first-order valence-corrected chi connectivity index (χ1v) is 12.1. The van der Waals surface area contributed by atoms with Gasteiger partial charge >= 0.3 is 5.69 Å². The Bertz CT molecular complexity index is 1410. The zero-order chi connectivity index (χ0) is 25.7. The lowest BCUT2D eigenvalue weighted by molar-refractivity contribution is -0.385. The van der Waals surface area contributed by atoms with Gasteiger partial charge in [-0.25, -0.2) is 4.90 Å². The molecule has 2 aromatic rings. The third-order valence-electron chi connectivity index (χ3n) is 8.30. The molecule has 2 aromatic carbocycles. The number of nitrogens with one attached hydrogen (secondary N) is 1. The van der Waals surface area contributed by atoms with Crippen LogP contribution >= 0.6 is 11.6 Å². The molecule has 0 bridgehead atoms. The summed E-state index contributed by atoms with van der Waals surface area (Å²) in [5, 5.41) is 14.9. The Balaban J connectivity index is 1.54. The van der Waals surface area contributed by atoms with Gasteiger partial charge in [0.05, 0.1) is 35.2 Å². The van der Waals surface area contributed by atoms with E-state index >= 15 is 0 Å². The van der Waals surface area contributed by atoms with Gasteiger partial charge in [-0.15, -0.1) is 0 Å². The predicted molar refractivity (Wildman–Crippen MR) is 130 cm³/mol. The number of nitrogens with zero attached hydrogens (tertiary/aromatic N) is 3. The maximum atomic E-state index is 14.2. The second-order valence-electron chi connectivity index (χ2n) is 9.80. The minimum Gasteiger partial charge on any atom is -0.490 e. The van der Waals surface area contributed by atoms with Gasteiger partial charge in [0.2, 0.25) is 17.7 Å². The van der Waals surface area contributed by atoms with Crippen molar-refractivity contribution in [2.75, 3.05) is 23.9 Å². The van der Waals surface area contributed by atoms with E-state index in [1.165, 1.54) is 19.2 Å². The van der Waals surface area contributed by atoms with Crippen LogP contribution in [0.25, 0.3) is 0 Å². The molecule has 4 atom stereocenters. The number of rotatable bonds is 3. The maximum absolute atomic E-state index is 14.2. The third kappa shape index (κ3) is 2.58. The molecule has 0 aliphatic carbocycles. The monoisotopic (exact) mass is 510 g/mol. The van der Waals surface area contributed by atoms with Crippen molar-refractivity contribution in [3.63, 3.8) is 0 Å². The summed E-state index contributed by atoms with van der Waals surface area (Å²) in [4.78, 5) is 56.0. The van der Waals surface area contributed by atoms with Crippen molar-refractivity contribution in [1.82, 2.24) is 4.90 Å². The van der Waals surface area contributed by atoms with Crippen LogP contribution in [0.15, 0.2) is 24.3 Å². The minimum absolute atomic E-state index is 0.0512. The van der Waals surface area contributed by atoms with Crippen LogP contribution in [-0.2, 0) is 19.9 Å². The number of hydrogen-bond donors (Lipinski definition) is 1. The van der Waals surface area contributed by atoms with Gasteiger partial charge in [-0.3, -0.25) is 29.4 Å². The van der Waals surface area contributed by atoms with E-state index in [2.05, 4.69) is 5.32 Å².